The summed E-state index contributed by atoms with van der Waals surface area (Å²) in [5.41, 5.74) is 2.81. The van der Waals surface area contributed by atoms with E-state index in [0.29, 0.717) is 5.69 Å². The fourth-order valence-electron chi connectivity index (χ4n) is 2.40. The summed E-state index contributed by atoms with van der Waals surface area (Å²) in [5.74, 6) is -0.264. The van der Waals surface area contributed by atoms with Crippen LogP contribution in [0.15, 0.2) is 42.6 Å². The number of hydrogen-bond acceptors (Lipinski definition) is 2. The molecular formula is C17H21FN2. The van der Waals surface area contributed by atoms with Crippen molar-refractivity contribution in [1.29, 1.82) is 0 Å². The molecule has 1 aromatic heterocycles. The van der Waals surface area contributed by atoms with Crippen molar-refractivity contribution >= 4 is 0 Å². The maximum absolute atomic E-state index is 14.0. The molecule has 0 aliphatic heterocycles. The third-order valence-corrected chi connectivity index (χ3v) is 3.29. The van der Waals surface area contributed by atoms with E-state index in [2.05, 4.69) is 29.4 Å². The van der Waals surface area contributed by atoms with Crippen molar-refractivity contribution in [2.45, 2.75) is 32.7 Å². The Morgan fingerprint density at radius 2 is 2.05 bits per heavy atom. The summed E-state index contributed by atoms with van der Waals surface area (Å²) >= 11 is 0. The molecule has 0 saturated carbocycles. The molecule has 20 heavy (non-hydrogen) atoms. The average Bonchev–Trinajstić information content (AvgIpc) is 2.46. The van der Waals surface area contributed by atoms with Gasteiger partial charge >= 0.3 is 0 Å². The average molecular weight is 272 g/mol. The number of halogens is 1. The van der Waals surface area contributed by atoms with Gasteiger partial charge in [0, 0.05) is 6.20 Å². The van der Waals surface area contributed by atoms with Gasteiger partial charge in [-0.2, -0.15) is 0 Å². The van der Waals surface area contributed by atoms with Crippen LogP contribution in [0.25, 0.3) is 0 Å². The lowest BCUT2D eigenvalue weighted by Crippen LogP contribution is -2.24. The summed E-state index contributed by atoms with van der Waals surface area (Å²) in [6.45, 7) is 4.94. The number of hydrogen-bond donors (Lipinski definition) is 1. The van der Waals surface area contributed by atoms with Gasteiger partial charge in [-0.25, -0.2) is 4.39 Å². The molecule has 0 bridgehead atoms. The number of aromatic nitrogens is 1. The first-order valence-corrected chi connectivity index (χ1v) is 7.18. The summed E-state index contributed by atoms with van der Waals surface area (Å²) in [7, 11) is 0. The maximum Gasteiger partial charge on any atom is 0.146 e. The predicted molar refractivity (Wildman–Crippen MR) is 80.2 cm³/mol. The van der Waals surface area contributed by atoms with Crippen molar-refractivity contribution in [2.24, 2.45) is 0 Å². The van der Waals surface area contributed by atoms with E-state index in [1.807, 2.05) is 19.1 Å². The summed E-state index contributed by atoms with van der Waals surface area (Å²) in [6.07, 6.45) is 3.78. The maximum atomic E-state index is 14.0. The van der Waals surface area contributed by atoms with Crippen LogP contribution in [-0.4, -0.2) is 11.5 Å². The van der Waals surface area contributed by atoms with Crippen molar-refractivity contribution in [2.75, 3.05) is 6.54 Å². The molecule has 0 saturated heterocycles. The number of pyridine rings is 1. The summed E-state index contributed by atoms with van der Waals surface area (Å²) < 4.78 is 14.0. The van der Waals surface area contributed by atoms with E-state index < -0.39 is 0 Å². The van der Waals surface area contributed by atoms with Gasteiger partial charge in [0.25, 0.3) is 0 Å². The summed E-state index contributed by atoms with van der Waals surface area (Å²) in [4.78, 5) is 4.21. The van der Waals surface area contributed by atoms with Crippen LogP contribution in [0.4, 0.5) is 4.39 Å². The van der Waals surface area contributed by atoms with Gasteiger partial charge in [0.15, 0.2) is 0 Å². The number of nitrogens with zero attached hydrogens (tertiary/aromatic N) is 1. The van der Waals surface area contributed by atoms with E-state index in [0.717, 1.165) is 24.9 Å². The predicted octanol–water partition coefficient (Wildman–Crippen LogP) is 3.87. The fraction of sp³-hybridized carbons (Fsp3) is 0.353. The van der Waals surface area contributed by atoms with Crippen molar-refractivity contribution in [3.8, 4) is 0 Å². The van der Waals surface area contributed by atoms with Crippen molar-refractivity contribution in [1.82, 2.24) is 10.3 Å². The number of benzene rings is 1. The number of nitrogens with one attached hydrogen (secondary N) is 1. The largest absolute Gasteiger partial charge is 0.305 e. The highest BCUT2D eigenvalue weighted by atomic mass is 19.1. The Balaban J connectivity index is 2.38. The van der Waals surface area contributed by atoms with Crippen LogP contribution in [0.5, 0.6) is 0 Å². The first kappa shape index (κ1) is 14.7. The SMILES string of the molecule is CCCc1cccc(C(NCC)c2ncccc2F)c1. The van der Waals surface area contributed by atoms with Crippen LogP contribution in [-0.2, 0) is 6.42 Å². The quantitative estimate of drug-likeness (QED) is 0.863. The number of rotatable bonds is 6. The lowest BCUT2D eigenvalue weighted by Gasteiger charge is -2.19. The Bertz CT molecular complexity index is 554. The molecule has 1 heterocycles. The highest BCUT2D eigenvalue weighted by Crippen LogP contribution is 2.23. The zero-order valence-electron chi connectivity index (χ0n) is 12.1. The highest BCUT2D eigenvalue weighted by molar-refractivity contribution is 5.32. The van der Waals surface area contributed by atoms with E-state index in [4.69, 9.17) is 0 Å². The van der Waals surface area contributed by atoms with Crippen LogP contribution in [0.3, 0.4) is 0 Å². The first-order chi connectivity index (χ1) is 9.76. The molecule has 0 radical (unpaired) electrons. The second-order valence-electron chi connectivity index (χ2n) is 4.86. The lowest BCUT2D eigenvalue weighted by molar-refractivity contribution is 0.542. The molecule has 1 N–H and O–H groups in total. The Kier molecular flexibility index (Phi) is 5.24. The van der Waals surface area contributed by atoms with Crippen molar-refractivity contribution in [3.63, 3.8) is 0 Å². The molecule has 0 spiro atoms. The van der Waals surface area contributed by atoms with Gasteiger partial charge in [-0.05, 0) is 36.2 Å². The van der Waals surface area contributed by atoms with Gasteiger partial charge in [-0.15, -0.1) is 0 Å². The van der Waals surface area contributed by atoms with E-state index in [1.165, 1.54) is 11.6 Å². The minimum Gasteiger partial charge on any atom is -0.305 e. The molecular weight excluding hydrogens is 251 g/mol. The zero-order chi connectivity index (χ0) is 14.4. The van der Waals surface area contributed by atoms with E-state index in [-0.39, 0.29) is 11.9 Å². The van der Waals surface area contributed by atoms with Crippen LogP contribution < -0.4 is 5.32 Å². The molecule has 1 unspecified atom stereocenters. The Morgan fingerprint density at radius 3 is 2.75 bits per heavy atom. The van der Waals surface area contributed by atoms with Gasteiger partial charge in [0.05, 0.1) is 11.7 Å². The summed E-state index contributed by atoms with van der Waals surface area (Å²) in [6, 6.07) is 11.2. The molecule has 2 nitrogen and oxygen atoms in total. The van der Waals surface area contributed by atoms with Gasteiger partial charge in [0.1, 0.15) is 5.82 Å². The van der Waals surface area contributed by atoms with Gasteiger partial charge in [-0.3, -0.25) is 4.98 Å². The monoisotopic (exact) mass is 272 g/mol. The first-order valence-electron chi connectivity index (χ1n) is 7.18. The van der Waals surface area contributed by atoms with Crippen LogP contribution in [0.2, 0.25) is 0 Å². The molecule has 1 atom stereocenters. The van der Waals surface area contributed by atoms with Crippen molar-refractivity contribution < 1.29 is 4.39 Å². The molecule has 0 aliphatic rings. The highest BCUT2D eigenvalue weighted by Gasteiger charge is 2.18. The van der Waals surface area contributed by atoms with Crippen molar-refractivity contribution in [3.05, 3.63) is 65.2 Å². The topological polar surface area (TPSA) is 24.9 Å². The molecule has 106 valence electrons. The van der Waals surface area contributed by atoms with Crippen LogP contribution in [0, 0.1) is 5.82 Å². The second kappa shape index (κ2) is 7.15. The van der Waals surface area contributed by atoms with Gasteiger partial charge in [-0.1, -0.05) is 44.5 Å². The van der Waals surface area contributed by atoms with E-state index in [1.54, 1.807) is 12.3 Å². The van der Waals surface area contributed by atoms with Crippen LogP contribution >= 0.6 is 0 Å². The zero-order valence-corrected chi connectivity index (χ0v) is 12.1. The minimum absolute atomic E-state index is 0.196. The van der Waals surface area contributed by atoms with Crippen LogP contribution in [0.1, 0.15) is 43.1 Å². The number of aryl methyl sites for hydroxylation is 1. The molecule has 3 heteroatoms. The third-order valence-electron chi connectivity index (χ3n) is 3.29. The second-order valence-corrected chi connectivity index (χ2v) is 4.86. The smallest absolute Gasteiger partial charge is 0.146 e. The third kappa shape index (κ3) is 3.42. The molecule has 0 aliphatic carbocycles. The Hall–Kier alpha value is -1.74. The molecule has 1 aromatic carbocycles. The normalized spacial score (nSPS) is 12.3. The summed E-state index contributed by atoms with van der Waals surface area (Å²) in [5, 5.41) is 3.32. The fourth-order valence-corrected chi connectivity index (χ4v) is 2.40. The van der Waals surface area contributed by atoms with E-state index in [9.17, 15) is 4.39 Å². The van der Waals surface area contributed by atoms with Gasteiger partial charge < -0.3 is 5.32 Å². The lowest BCUT2D eigenvalue weighted by atomic mass is 9.99. The van der Waals surface area contributed by atoms with E-state index >= 15 is 0 Å². The Morgan fingerprint density at radius 1 is 1.20 bits per heavy atom. The Labute approximate surface area is 120 Å². The minimum atomic E-state index is -0.264. The standard InChI is InChI=1S/C17H21FN2/c1-3-7-13-8-5-9-14(12-13)16(19-4-2)17-15(18)10-6-11-20-17/h5-6,8-12,16,19H,3-4,7H2,1-2H3. The molecule has 2 aromatic rings. The molecule has 2 rings (SSSR count). The van der Waals surface area contributed by atoms with Gasteiger partial charge in [0.2, 0.25) is 0 Å². The molecule has 0 amide bonds. The molecule has 0 fully saturated rings.